The van der Waals surface area contributed by atoms with Gasteiger partial charge in [-0.05, 0) is 42.8 Å². The largest absolute Gasteiger partial charge is 0.342 e. The number of hydrogen-bond donors (Lipinski definition) is 0. The van der Waals surface area contributed by atoms with Crippen molar-refractivity contribution in [1.82, 2.24) is 19.9 Å². The molecule has 0 bridgehead atoms. The number of carbonyl (C=O) groups excluding carboxylic acids is 1. The number of rotatable bonds is 3. The van der Waals surface area contributed by atoms with Crippen molar-refractivity contribution in [3.63, 3.8) is 0 Å². The number of pyridine rings is 1. The highest BCUT2D eigenvalue weighted by atomic mass is 16.2. The minimum Gasteiger partial charge on any atom is -0.342 e. The fourth-order valence-electron chi connectivity index (χ4n) is 3.58. The van der Waals surface area contributed by atoms with Gasteiger partial charge in [0.15, 0.2) is 0 Å². The van der Waals surface area contributed by atoms with Gasteiger partial charge in [0.1, 0.15) is 5.82 Å². The zero-order valence-electron chi connectivity index (χ0n) is 14.9. The van der Waals surface area contributed by atoms with Gasteiger partial charge < -0.3 is 4.90 Å². The second kappa shape index (κ2) is 7.20. The summed E-state index contributed by atoms with van der Waals surface area (Å²) in [6, 6.07) is 10.0. The molecule has 2 aromatic heterocycles. The van der Waals surface area contributed by atoms with Crippen molar-refractivity contribution >= 4 is 16.7 Å². The monoisotopic (exact) mass is 346 g/mol. The molecule has 0 atom stereocenters. The van der Waals surface area contributed by atoms with Crippen LogP contribution in [0.4, 0.5) is 0 Å². The lowest BCUT2D eigenvalue weighted by Crippen LogP contribution is -2.39. The molecule has 3 aromatic rings. The van der Waals surface area contributed by atoms with E-state index in [1.54, 1.807) is 6.20 Å². The fraction of sp³-hybridized carbons (Fsp3) is 0.333. The topological polar surface area (TPSA) is 59.0 Å². The molecule has 4 rings (SSSR count). The third-order valence-electron chi connectivity index (χ3n) is 5.09. The molecule has 1 saturated heterocycles. The van der Waals surface area contributed by atoms with Crippen LogP contribution in [0.25, 0.3) is 10.8 Å². The number of aryl methyl sites for hydroxylation is 1. The van der Waals surface area contributed by atoms with Crippen molar-refractivity contribution in [2.75, 3.05) is 13.1 Å². The molecular formula is C21H22N4O. The molecule has 26 heavy (non-hydrogen) atoms. The summed E-state index contributed by atoms with van der Waals surface area (Å²) >= 11 is 0. The highest BCUT2D eigenvalue weighted by Crippen LogP contribution is 2.26. The number of hydrogen-bond acceptors (Lipinski definition) is 4. The van der Waals surface area contributed by atoms with E-state index in [9.17, 15) is 4.79 Å². The number of piperidine rings is 1. The van der Waals surface area contributed by atoms with Crippen molar-refractivity contribution < 1.29 is 4.79 Å². The van der Waals surface area contributed by atoms with Crippen molar-refractivity contribution in [3.8, 4) is 0 Å². The number of benzene rings is 1. The van der Waals surface area contributed by atoms with Crippen LogP contribution in [0.3, 0.4) is 0 Å². The molecule has 132 valence electrons. The molecule has 0 aliphatic carbocycles. The Kier molecular flexibility index (Phi) is 4.61. The lowest BCUT2D eigenvalue weighted by molar-refractivity contribution is -0.131. The molecule has 1 fully saturated rings. The molecule has 0 unspecified atom stereocenters. The Morgan fingerprint density at radius 3 is 2.77 bits per heavy atom. The van der Waals surface area contributed by atoms with E-state index < -0.39 is 0 Å². The molecule has 1 aromatic carbocycles. The summed E-state index contributed by atoms with van der Waals surface area (Å²) in [5, 5.41) is 2.23. The van der Waals surface area contributed by atoms with Crippen molar-refractivity contribution in [1.29, 1.82) is 0 Å². The van der Waals surface area contributed by atoms with Gasteiger partial charge in [-0.1, -0.05) is 18.2 Å². The number of nitrogens with zero attached hydrogens (tertiary/aromatic N) is 4. The summed E-state index contributed by atoms with van der Waals surface area (Å²) in [6.07, 6.45) is 7.76. The van der Waals surface area contributed by atoms with Crippen LogP contribution in [0, 0.1) is 6.92 Å². The quantitative estimate of drug-likeness (QED) is 0.730. The van der Waals surface area contributed by atoms with E-state index in [-0.39, 0.29) is 5.91 Å². The van der Waals surface area contributed by atoms with E-state index in [1.807, 2.05) is 48.5 Å². The standard InChI is InChI=1S/C21H22N4O/c1-15-4-9-23-21(24-15)17-6-10-25(11-7-17)20(26)13-16-2-3-19-14-22-8-5-18(19)12-16/h2-5,8-9,12,14,17H,6-7,10-11,13H2,1H3. The van der Waals surface area contributed by atoms with E-state index >= 15 is 0 Å². The first-order valence-corrected chi connectivity index (χ1v) is 9.09. The van der Waals surface area contributed by atoms with Crippen LogP contribution in [0.1, 0.15) is 35.8 Å². The second-order valence-electron chi connectivity index (χ2n) is 6.95. The van der Waals surface area contributed by atoms with E-state index in [0.717, 1.165) is 53.8 Å². The van der Waals surface area contributed by atoms with Gasteiger partial charge in [-0.25, -0.2) is 9.97 Å². The molecule has 0 N–H and O–H groups in total. The van der Waals surface area contributed by atoms with Gasteiger partial charge >= 0.3 is 0 Å². The maximum atomic E-state index is 12.7. The Balaban J connectivity index is 1.38. The van der Waals surface area contributed by atoms with Crippen LogP contribution in [0.2, 0.25) is 0 Å². The minimum absolute atomic E-state index is 0.196. The van der Waals surface area contributed by atoms with Gasteiger partial charge in [0.25, 0.3) is 0 Å². The van der Waals surface area contributed by atoms with Gasteiger partial charge in [0.2, 0.25) is 5.91 Å². The average molecular weight is 346 g/mol. The molecule has 5 heteroatoms. The van der Waals surface area contributed by atoms with E-state index in [1.165, 1.54) is 0 Å². The van der Waals surface area contributed by atoms with Crippen molar-refractivity contribution in [2.45, 2.75) is 32.1 Å². The molecular weight excluding hydrogens is 324 g/mol. The van der Waals surface area contributed by atoms with Crippen molar-refractivity contribution in [2.24, 2.45) is 0 Å². The first-order chi connectivity index (χ1) is 12.7. The second-order valence-corrected chi connectivity index (χ2v) is 6.95. The Hall–Kier alpha value is -2.82. The zero-order chi connectivity index (χ0) is 17.9. The lowest BCUT2D eigenvalue weighted by Gasteiger charge is -2.31. The molecule has 1 amide bonds. The Morgan fingerprint density at radius 2 is 1.96 bits per heavy atom. The van der Waals surface area contributed by atoms with Gasteiger partial charge in [-0.3, -0.25) is 9.78 Å². The average Bonchev–Trinajstić information content (AvgIpc) is 2.68. The van der Waals surface area contributed by atoms with Crippen LogP contribution in [0.15, 0.2) is 48.9 Å². The van der Waals surface area contributed by atoms with Crippen LogP contribution in [0.5, 0.6) is 0 Å². The first-order valence-electron chi connectivity index (χ1n) is 9.09. The van der Waals surface area contributed by atoms with Crippen LogP contribution in [-0.4, -0.2) is 38.8 Å². The van der Waals surface area contributed by atoms with E-state index in [4.69, 9.17) is 0 Å². The lowest BCUT2D eigenvalue weighted by atomic mass is 9.95. The molecule has 3 heterocycles. The van der Waals surface area contributed by atoms with Gasteiger partial charge in [0, 0.05) is 48.7 Å². The number of likely N-dealkylation sites (tertiary alicyclic amines) is 1. The molecule has 0 saturated carbocycles. The SMILES string of the molecule is Cc1ccnc(C2CCN(C(=O)Cc3ccc4cnccc4c3)CC2)n1. The molecule has 1 aliphatic heterocycles. The van der Waals surface area contributed by atoms with Gasteiger partial charge in [-0.2, -0.15) is 0 Å². The Labute approximate surface area is 153 Å². The number of carbonyl (C=O) groups is 1. The maximum Gasteiger partial charge on any atom is 0.226 e. The molecule has 1 aliphatic rings. The highest BCUT2D eigenvalue weighted by Gasteiger charge is 2.25. The molecule has 0 radical (unpaired) electrons. The fourth-order valence-corrected chi connectivity index (χ4v) is 3.58. The highest BCUT2D eigenvalue weighted by molar-refractivity contribution is 5.84. The smallest absolute Gasteiger partial charge is 0.226 e. The molecule has 5 nitrogen and oxygen atoms in total. The Bertz CT molecular complexity index is 932. The number of aromatic nitrogens is 3. The summed E-state index contributed by atoms with van der Waals surface area (Å²) in [5.41, 5.74) is 2.05. The van der Waals surface area contributed by atoms with Crippen LogP contribution < -0.4 is 0 Å². The van der Waals surface area contributed by atoms with Crippen LogP contribution in [-0.2, 0) is 11.2 Å². The zero-order valence-corrected chi connectivity index (χ0v) is 14.9. The van der Waals surface area contributed by atoms with Gasteiger partial charge in [-0.15, -0.1) is 0 Å². The predicted octanol–water partition coefficient (Wildman–Crippen LogP) is 3.28. The summed E-state index contributed by atoms with van der Waals surface area (Å²) in [6.45, 7) is 3.54. The van der Waals surface area contributed by atoms with E-state index in [2.05, 4.69) is 21.0 Å². The minimum atomic E-state index is 0.196. The Morgan fingerprint density at radius 1 is 1.12 bits per heavy atom. The van der Waals surface area contributed by atoms with Gasteiger partial charge in [0.05, 0.1) is 6.42 Å². The van der Waals surface area contributed by atoms with Crippen molar-refractivity contribution in [3.05, 3.63) is 66.0 Å². The number of amides is 1. The molecule has 0 spiro atoms. The summed E-state index contributed by atoms with van der Waals surface area (Å²) < 4.78 is 0. The summed E-state index contributed by atoms with van der Waals surface area (Å²) in [4.78, 5) is 27.7. The predicted molar refractivity (Wildman–Crippen MR) is 101 cm³/mol. The van der Waals surface area contributed by atoms with E-state index in [0.29, 0.717) is 12.3 Å². The first kappa shape index (κ1) is 16.6. The maximum absolute atomic E-state index is 12.7. The third-order valence-corrected chi connectivity index (χ3v) is 5.09. The summed E-state index contributed by atoms with van der Waals surface area (Å²) in [7, 11) is 0. The van der Waals surface area contributed by atoms with Crippen LogP contribution >= 0.6 is 0 Å². The summed E-state index contributed by atoms with van der Waals surface area (Å²) in [5.74, 6) is 1.47. The number of fused-ring (bicyclic) bond motifs is 1. The normalized spacial score (nSPS) is 15.3. The third kappa shape index (κ3) is 3.57.